The Bertz CT molecular complexity index is 564. The second-order valence-electron chi connectivity index (χ2n) is 5.00. The van der Waals surface area contributed by atoms with Crippen LogP contribution >= 0.6 is 11.3 Å². The molecule has 5 nitrogen and oxygen atoms in total. The minimum absolute atomic E-state index is 0.0172. The highest BCUT2D eigenvalue weighted by Crippen LogP contribution is 2.27. The summed E-state index contributed by atoms with van der Waals surface area (Å²) in [6.07, 6.45) is 3.92. The zero-order valence-corrected chi connectivity index (χ0v) is 12.3. The predicted octanol–water partition coefficient (Wildman–Crippen LogP) is 2.13. The quantitative estimate of drug-likeness (QED) is 0.867. The predicted molar refractivity (Wildman–Crippen MR) is 72.5 cm³/mol. The first-order valence-corrected chi connectivity index (χ1v) is 8.61. The molecule has 1 aromatic rings. The van der Waals surface area contributed by atoms with E-state index in [9.17, 15) is 13.2 Å². The van der Waals surface area contributed by atoms with Gasteiger partial charge in [0.1, 0.15) is 10.3 Å². The molecule has 0 radical (unpaired) electrons. The molecule has 2 rings (SSSR count). The number of hydrogen-bond donors (Lipinski definition) is 1. The average molecular weight is 303 g/mol. The molecule has 2 unspecified atom stereocenters. The Balaban J connectivity index is 2.02. The van der Waals surface area contributed by atoms with Crippen molar-refractivity contribution in [3.8, 4) is 0 Å². The standard InChI is InChI=1S/C12H17NO4S2/c1-8-3-2-4-10(5-8)17-12(14)9-6-11(18-7-9)19(13,15)16/h6-8,10H,2-5H2,1H3,(H2,13,15,16). The van der Waals surface area contributed by atoms with Gasteiger partial charge in [0, 0.05) is 5.38 Å². The van der Waals surface area contributed by atoms with Crippen LogP contribution in [0, 0.1) is 5.92 Å². The Kier molecular flexibility index (Phi) is 4.27. The third-order valence-corrected chi connectivity index (χ3v) is 5.64. The summed E-state index contributed by atoms with van der Waals surface area (Å²) in [6.45, 7) is 2.14. The van der Waals surface area contributed by atoms with Gasteiger partial charge in [0.2, 0.25) is 10.0 Å². The van der Waals surface area contributed by atoms with Crippen molar-refractivity contribution in [2.45, 2.75) is 42.9 Å². The molecule has 1 aromatic heterocycles. The van der Waals surface area contributed by atoms with Crippen LogP contribution in [0.4, 0.5) is 0 Å². The Labute approximate surface area is 116 Å². The number of ether oxygens (including phenoxy) is 1. The number of primary sulfonamides is 1. The van der Waals surface area contributed by atoms with Crippen molar-refractivity contribution in [1.82, 2.24) is 0 Å². The summed E-state index contributed by atoms with van der Waals surface area (Å²) in [5.74, 6) is 0.0965. The number of thiophene rings is 1. The SMILES string of the molecule is CC1CCCC(OC(=O)c2csc(S(N)(=O)=O)c2)C1. The number of sulfonamides is 1. The lowest BCUT2D eigenvalue weighted by atomic mass is 9.89. The monoisotopic (exact) mass is 303 g/mol. The van der Waals surface area contributed by atoms with Gasteiger partial charge in [-0.25, -0.2) is 18.4 Å². The molecule has 0 saturated heterocycles. The first kappa shape index (κ1) is 14.5. The van der Waals surface area contributed by atoms with Gasteiger partial charge in [0.05, 0.1) is 5.56 Å². The fourth-order valence-electron chi connectivity index (χ4n) is 2.28. The van der Waals surface area contributed by atoms with Crippen molar-refractivity contribution < 1.29 is 17.9 Å². The Morgan fingerprint density at radius 2 is 2.21 bits per heavy atom. The molecular formula is C12H17NO4S2. The summed E-state index contributed by atoms with van der Waals surface area (Å²) in [5.41, 5.74) is 0.257. The number of hydrogen-bond acceptors (Lipinski definition) is 5. The molecule has 19 heavy (non-hydrogen) atoms. The summed E-state index contributed by atoms with van der Waals surface area (Å²) in [6, 6.07) is 1.27. The topological polar surface area (TPSA) is 86.5 Å². The van der Waals surface area contributed by atoms with Gasteiger partial charge < -0.3 is 4.74 Å². The lowest BCUT2D eigenvalue weighted by molar-refractivity contribution is 0.0155. The normalized spacial score (nSPS) is 24.1. The van der Waals surface area contributed by atoms with Gasteiger partial charge in [0.25, 0.3) is 0 Å². The van der Waals surface area contributed by atoms with Crippen LogP contribution in [-0.2, 0) is 14.8 Å². The lowest BCUT2D eigenvalue weighted by Gasteiger charge is -2.26. The highest BCUT2D eigenvalue weighted by Gasteiger charge is 2.24. The molecule has 1 saturated carbocycles. The van der Waals surface area contributed by atoms with E-state index in [1.807, 2.05) is 0 Å². The van der Waals surface area contributed by atoms with E-state index >= 15 is 0 Å². The number of esters is 1. The van der Waals surface area contributed by atoms with Gasteiger partial charge in [-0.15, -0.1) is 11.3 Å². The highest BCUT2D eigenvalue weighted by molar-refractivity contribution is 7.91. The molecule has 1 aliphatic rings. The van der Waals surface area contributed by atoms with Gasteiger partial charge in [-0.05, 0) is 31.2 Å². The first-order valence-electron chi connectivity index (χ1n) is 6.18. The van der Waals surface area contributed by atoms with E-state index in [4.69, 9.17) is 9.88 Å². The van der Waals surface area contributed by atoms with E-state index in [2.05, 4.69) is 6.92 Å². The maximum atomic E-state index is 11.9. The number of nitrogens with two attached hydrogens (primary N) is 1. The largest absolute Gasteiger partial charge is 0.459 e. The van der Waals surface area contributed by atoms with E-state index in [1.54, 1.807) is 0 Å². The van der Waals surface area contributed by atoms with Crippen LogP contribution in [-0.4, -0.2) is 20.5 Å². The van der Waals surface area contributed by atoms with Crippen LogP contribution in [0.3, 0.4) is 0 Å². The number of rotatable bonds is 3. The van der Waals surface area contributed by atoms with Crippen molar-refractivity contribution in [2.24, 2.45) is 11.1 Å². The van der Waals surface area contributed by atoms with E-state index in [-0.39, 0.29) is 15.9 Å². The minimum Gasteiger partial charge on any atom is -0.459 e. The molecule has 1 aliphatic carbocycles. The van der Waals surface area contributed by atoms with Gasteiger partial charge >= 0.3 is 5.97 Å². The van der Waals surface area contributed by atoms with Gasteiger partial charge in [0.15, 0.2) is 0 Å². The summed E-state index contributed by atoms with van der Waals surface area (Å²) in [4.78, 5) is 11.9. The molecule has 106 valence electrons. The molecule has 0 aliphatic heterocycles. The maximum absolute atomic E-state index is 11.9. The smallest absolute Gasteiger partial charge is 0.339 e. The van der Waals surface area contributed by atoms with Gasteiger partial charge in [-0.3, -0.25) is 0 Å². The van der Waals surface area contributed by atoms with E-state index in [0.29, 0.717) is 5.92 Å². The minimum atomic E-state index is -3.75. The van der Waals surface area contributed by atoms with Crippen molar-refractivity contribution >= 4 is 27.3 Å². The molecule has 2 N–H and O–H groups in total. The number of carbonyl (C=O) groups is 1. The molecule has 0 bridgehead atoms. The fourth-order valence-corrected chi connectivity index (χ4v) is 3.85. The van der Waals surface area contributed by atoms with Crippen LogP contribution in [0.5, 0.6) is 0 Å². The summed E-state index contributed by atoms with van der Waals surface area (Å²) in [5, 5.41) is 6.47. The third-order valence-electron chi connectivity index (χ3n) is 3.25. The van der Waals surface area contributed by atoms with Crippen LogP contribution in [0.15, 0.2) is 15.7 Å². The molecule has 0 aromatic carbocycles. The van der Waals surface area contributed by atoms with Crippen molar-refractivity contribution in [2.75, 3.05) is 0 Å². The Morgan fingerprint density at radius 1 is 1.47 bits per heavy atom. The molecule has 0 spiro atoms. The van der Waals surface area contributed by atoms with E-state index in [1.165, 1.54) is 17.9 Å². The van der Waals surface area contributed by atoms with E-state index in [0.717, 1.165) is 30.6 Å². The van der Waals surface area contributed by atoms with Crippen molar-refractivity contribution in [3.63, 3.8) is 0 Å². The second-order valence-corrected chi connectivity index (χ2v) is 7.70. The number of carbonyl (C=O) groups excluding carboxylic acids is 1. The zero-order valence-electron chi connectivity index (χ0n) is 10.7. The third kappa shape index (κ3) is 3.77. The zero-order chi connectivity index (χ0) is 14.0. The average Bonchev–Trinajstić information content (AvgIpc) is 2.77. The molecule has 2 atom stereocenters. The van der Waals surface area contributed by atoms with Crippen LogP contribution < -0.4 is 5.14 Å². The van der Waals surface area contributed by atoms with Crippen molar-refractivity contribution in [3.05, 3.63) is 17.0 Å². The molecule has 1 fully saturated rings. The lowest BCUT2D eigenvalue weighted by Crippen LogP contribution is -2.24. The first-order chi connectivity index (χ1) is 8.86. The van der Waals surface area contributed by atoms with Crippen molar-refractivity contribution in [1.29, 1.82) is 0 Å². The second kappa shape index (κ2) is 5.60. The van der Waals surface area contributed by atoms with Gasteiger partial charge in [-0.1, -0.05) is 13.3 Å². The highest BCUT2D eigenvalue weighted by atomic mass is 32.2. The van der Waals surface area contributed by atoms with Gasteiger partial charge in [-0.2, -0.15) is 0 Å². The Morgan fingerprint density at radius 3 is 2.79 bits per heavy atom. The molecule has 7 heteroatoms. The molecular weight excluding hydrogens is 286 g/mol. The molecule has 1 heterocycles. The van der Waals surface area contributed by atoms with E-state index < -0.39 is 16.0 Å². The van der Waals surface area contributed by atoms with Crippen LogP contribution in [0.1, 0.15) is 43.0 Å². The molecule has 0 amide bonds. The Hall–Kier alpha value is -0.920. The van der Waals surface area contributed by atoms with Crippen LogP contribution in [0.25, 0.3) is 0 Å². The summed E-state index contributed by atoms with van der Waals surface area (Å²) >= 11 is 0.934. The summed E-state index contributed by atoms with van der Waals surface area (Å²) in [7, 11) is -3.75. The van der Waals surface area contributed by atoms with Crippen LogP contribution in [0.2, 0.25) is 0 Å². The fraction of sp³-hybridized carbons (Fsp3) is 0.583. The maximum Gasteiger partial charge on any atom is 0.339 e. The summed E-state index contributed by atoms with van der Waals surface area (Å²) < 4.78 is 27.7.